The number of aromatic nitrogens is 3. The van der Waals surface area contributed by atoms with Crippen LogP contribution in [0.4, 0.5) is 5.69 Å². The van der Waals surface area contributed by atoms with Crippen molar-refractivity contribution in [2.75, 3.05) is 5.32 Å². The number of H-pyrrole nitrogens is 1. The van der Waals surface area contributed by atoms with Crippen molar-refractivity contribution in [2.24, 2.45) is 0 Å². The highest BCUT2D eigenvalue weighted by Gasteiger charge is 2.02. The molecule has 0 saturated heterocycles. The van der Waals surface area contributed by atoms with Gasteiger partial charge in [-0.1, -0.05) is 13.3 Å². The first-order valence-corrected chi connectivity index (χ1v) is 5.36. The summed E-state index contributed by atoms with van der Waals surface area (Å²) in [7, 11) is 0. The van der Waals surface area contributed by atoms with E-state index in [-0.39, 0.29) is 0 Å². The molecule has 1 unspecified atom stereocenters. The van der Waals surface area contributed by atoms with Crippen LogP contribution in [-0.2, 0) is 0 Å². The number of nitrogens with one attached hydrogen (secondary N) is 2. The first kappa shape index (κ1) is 9.96. The third-order valence-corrected chi connectivity index (χ3v) is 2.45. The van der Waals surface area contributed by atoms with Gasteiger partial charge < -0.3 is 5.32 Å². The minimum Gasteiger partial charge on any atom is -0.383 e. The molecule has 0 spiro atoms. The second-order valence-corrected chi connectivity index (χ2v) is 3.86. The Hall–Kier alpha value is -1.58. The maximum atomic E-state index is 4.06. The van der Waals surface area contributed by atoms with Gasteiger partial charge in [0.1, 0.15) is 11.0 Å². The molecule has 15 heavy (non-hydrogen) atoms. The van der Waals surface area contributed by atoms with Crippen LogP contribution in [0.3, 0.4) is 0 Å². The lowest BCUT2D eigenvalue weighted by atomic mass is 10.2. The lowest BCUT2D eigenvalue weighted by Crippen LogP contribution is -2.14. The summed E-state index contributed by atoms with van der Waals surface area (Å²) < 4.78 is 0. The topological polar surface area (TPSA) is 53.6 Å². The summed E-state index contributed by atoms with van der Waals surface area (Å²) in [6, 6.07) is 6.53. The standard InChI is InChI=1S/C11H16N4/c1-3-4-8(2)12-9-5-6-10-11(7-9)14-15-13-10/h5-8,12H,3-4H2,1-2H3,(H,13,14,15). The highest BCUT2D eigenvalue weighted by atomic mass is 15.3. The molecule has 80 valence electrons. The van der Waals surface area contributed by atoms with Crippen LogP contribution in [0.15, 0.2) is 18.2 Å². The van der Waals surface area contributed by atoms with Gasteiger partial charge in [-0.15, -0.1) is 0 Å². The number of benzene rings is 1. The van der Waals surface area contributed by atoms with E-state index in [1.54, 1.807) is 0 Å². The Morgan fingerprint density at radius 2 is 2.13 bits per heavy atom. The minimum absolute atomic E-state index is 0.499. The molecule has 1 aromatic heterocycles. The molecule has 4 nitrogen and oxygen atoms in total. The first-order chi connectivity index (χ1) is 7.29. The van der Waals surface area contributed by atoms with Crippen molar-refractivity contribution >= 4 is 16.7 Å². The fraction of sp³-hybridized carbons (Fsp3) is 0.455. The molecular formula is C11H16N4. The van der Waals surface area contributed by atoms with Crippen molar-refractivity contribution in [3.63, 3.8) is 0 Å². The summed E-state index contributed by atoms with van der Waals surface area (Å²) in [6.45, 7) is 4.38. The highest BCUT2D eigenvalue weighted by molar-refractivity contribution is 5.77. The second kappa shape index (κ2) is 4.29. The lowest BCUT2D eigenvalue weighted by Gasteiger charge is -2.13. The van der Waals surface area contributed by atoms with Crippen LogP contribution in [0.2, 0.25) is 0 Å². The molecular weight excluding hydrogens is 188 g/mol. The Morgan fingerprint density at radius 1 is 1.33 bits per heavy atom. The quantitative estimate of drug-likeness (QED) is 0.804. The summed E-state index contributed by atoms with van der Waals surface area (Å²) >= 11 is 0. The lowest BCUT2D eigenvalue weighted by molar-refractivity contribution is 0.690. The van der Waals surface area contributed by atoms with Gasteiger partial charge in [0.2, 0.25) is 0 Å². The van der Waals surface area contributed by atoms with Crippen molar-refractivity contribution in [1.29, 1.82) is 0 Å². The van der Waals surface area contributed by atoms with E-state index in [1.807, 2.05) is 18.2 Å². The van der Waals surface area contributed by atoms with Crippen LogP contribution in [0.5, 0.6) is 0 Å². The fourth-order valence-electron chi connectivity index (χ4n) is 1.72. The molecule has 1 aromatic carbocycles. The summed E-state index contributed by atoms with van der Waals surface area (Å²) in [5.41, 5.74) is 2.92. The van der Waals surface area contributed by atoms with Gasteiger partial charge in [0.05, 0.1) is 0 Å². The Morgan fingerprint density at radius 3 is 2.93 bits per heavy atom. The Kier molecular flexibility index (Phi) is 2.85. The fourth-order valence-corrected chi connectivity index (χ4v) is 1.72. The van der Waals surface area contributed by atoms with Gasteiger partial charge in [-0.05, 0) is 31.5 Å². The Balaban J connectivity index is 2.14. The molecule has 4 heteroatoms. The number of hydrogen-bond donors (Lipinski definition) is 2. The summed E-state index contributed by atoms with van der Waals surface area (Å²) in [6.07, 6.45) is 2.37. The van der Waals surface area contributed by atoms with Crippen LogP contribution >= 0.6 is 0 Å². The van der Waals surface area contributed by atoms with Gasteiger partial charge in [0, 0.05) is 11.7 Å². The number of hydrogen-bond acceptors (Lipinski definition) is 3. The molecule has 2 aromatic rings. The van der Waals surface area contributed by atoms with E-state index in [0.29, 0.717) is 6.04 Å². The average Bonchev–Trinajstić information content (AvgIpc) is 2.65. The molecule has 0 amide bonds. The van der Waals surface area contributed by atoms with Crippen molar-refractivity contribution in [2.45, 2.75) is 32.7 Å². The van der Waals surface area contributed by atoms with Crippen molar-refractivity contribution < 1.29 is 0 Å². The summed E-state index contributed by atoms with van der Waals surface area (Å²) in [5.74, 6) is 0. The number of anilines is 1. The monoisotopic (exact) mass is 204 g/mol. The molecule has 0 radical (unpaired) electrons. The number of fused-ring (bicyclic) bond motifs is 1. The Bertz CT molecular complexity index is 435. The average molecular weight is 204 g/mol. The minimum atomic E-state index is 0.499. The van der Waals surface area contributed by atoms with Crippen molar-refractivity contribution in [1.82, 2.24) is 15.4 Å². The number of aromatic amines is 1. The summed E-state index contributed by atoms with van der Waals surface area (Å²) in [5, 5.41) is 14.1. The van der Waals surface area contributed by atoms with E-state index in [0.717, 1.165) is 16.7 Å². The van der Waals surface area contributed by atoms with Crippen LogP contribution in [-0.4, -0.2) is 21.5 Å². The maximum absolute atomic E-state index is 4.06. The molecule has 0 fully saturated rings. The molecule has 2 N–H and O–H groups in total. The van der Waals surface area contributed by atoms with Gasteiger partial charge in [0.25, 0.3) is 0 Å². The zero-order valence-corrected chi connectivity index (χ0v) is 9.12. The SMILES string of the molecule is CCCC(C)Nc1ccc2n[nH]nc2c1. The zero-order chi connectivity index (χ0) is 10.7. The van der Waals surface area contributed by atoms with Crippen LogP contribution in [0.1, 0.15) is 26.7 Å². The third kappa shape index (κ3) is 2.26. The van der Waals surface area contributed by atoms with Gasteiger partial charge >= 0.3 is 0 Å². The summed E-state index contributed by atoms with van der Waals surface area (Å²) in [4.78, 5) is 0. The van der Waals surface area contributed by atoms with Crippen molar-refractivity contribution in [3.05, 3.63) is 18.2 Å². The first-order valence-electron chi connectivity index (χ1n) is 5.36. The van der Waals surface area contributed by atoms with Gasteiger partial charge in [-0.3, -0.25) is 0 Å². The smallest absolute Gasteiger partial charge is 0.115 e. The van der Waals surface area contributed by atoms with Crippen LogP contribution in [0, 0.1) is 0 Å². The molecule has 0 aliphatic heterocycles. The molecule has 1 atom stereocenters. The van der Waals surface area contributed by atoms with E-state index in [2.05, 4.69) is 34.6 Å². The van der Waals surface area contributed by atoms with E-state index in [4.69, 9.17) is 0 Å². The third-order valence-electron chi connectivity index (χ3n) is 2.45. The predicted octanol–water partition coefficient (Wildman–Crippen LogP) is 2.56. The van der Waals surface area contributed by atoms with Crippen LogP contribution in [0.25, 0.3) is 11.0 Å². The van der Waals surface area contributed by atoms with Crippen LogP contribution < -0.4 is 5.32 Å². The molecule has 0 saturated carbocycles. The molecule has 1 heterocycles. The van der Waals surface area contributed by atoms with Gasteiger partial charge in [0.15, 0.2) is 0 Å². The van der Waals surface area contributed by atoms with Crippen molar-refractivity contribution in [3.8, 4) is 0 Å². The Labute approximate surface area is 89.1 Å². The maximum Gasteiger partial charge on any atom is 0.115 e. The highest BCUT2D eigenvalue weighted by Crippen LogP contribution is 2.16. The zero-order valence-electron chi connectivity index (χ0n) is 9.12. The van der Waals surface area contributed by atoms with E-state index >= 15 is 0 Å². The molecule has 2 rings (SSSR count). The predicted molar refractivity (Wildman–Crippen MR) is 61.9 cm³/mol. The molecule has 0 aliphatic carbocycles. The largest absolute Gasteiger partial charge is 0.383 e. The van der Waals surface area contributed by atoms with Gasteiger partial charge in [-0.2, -0.15) is 15.4 Å². The molecule has 0 bridgehead atoms. The van der Waals surface area contributed by atoms with Gasteiger partial charge in [-0.25, -0.2) is 0 Å². The van der Waals surface area contributed by atoms with E-state index in [1.165, 1.54) is 12.8 Å². The number of nitrogens with zero attached hydrogens (tertiary/aromatic N) is 2. The van der Waals surface area contributed by atoms with E-state index < -0.39 is 0 Å². The van der Waals surface area contributed by atoms with E-state index in [9.17, 15) is 0 Å². The molecule has 0 aliphatic rings. The second-order valence-electron chi connectivity index (χ2n) is 3.86. The number of rotatable bonds is 4. The normalized spacial score (nSPS) is 12.9.